The Balaban J connectivity index is 1.55. The first-order chi connectivity index (χ1) is 10.7. The second kappa shape index (κ2) is 6.60. The van der Waals surface area contributed by atoms with E-state index in [0.717, 1.165) is 36.4 Å². The zero-order valence-electron chi connectivity index (χ0n) is 13.7. The van der Waals surface area contributed by atoms with Gasteiger partial charge in [-0.05, 0) is 40.0 Å². The number of anilines is 1. The number of rotatable bonds is 5. The van der Waals surface area contributed by atoms with Gasteiger partial charge in [0.15, 0.2) is 0 Å². The molecule has 0 bridgehead atoms. The van der Waals surface area contributed by atoms with E-state index in [2.05, 4.69) is 39.2 Å². The Labute approximate surface area is 131 Å². The van der Waals surface area contributed by atoms with Gasteiger partial charge in [-0.15, -0.1) is 0 Å². The molecule has 3 rings (SSSR count). The van der Waals surface area contributed by atoms with Gasteiger partial charge in [0.05, 0.1) is 5.69 Å². The fourth-order valence-corrected chi connectivity index (χ4v) is 3.44. The summed E-state index contributed by atoms with van der Waals surface area (Å²) in [6.45, 7) is 8.63. The Bertz CT molecular complexity index is 616. The number of likely N-dealkylation sites (tertiary alicyclic amines) is 1. The van der Waals surface area contributed by atoms with E-state index in [4.69, 9.17) is 4.52 Å². The van der Waals surface area contributed by atoms with E-state index in [1.54, 1.807) is 0 Å². The van der Waals surface area contributed by atoms with Gasteiger partial charge in [-0.1, -0.05) is 11.6 Å². The summed E-state index contributed by atoms with van der Waals surface area (Å²) < 4.78 is 5.17. The van der Waals surface area contributed by atoms with Crippen molar-refractivity contribution in [1.82, 2.24) is 20.0 Å². The third-order valence-corrected chi connectivity index (χ3v) is 4.70. The summed E-state index contributed by atoms with van der Waals surface area (Å²) in [6.07, 6.45) is 6.63. The lowest BCUT2D eigenvalue weighted by Crippen LogP contribution is -2.44. The van der Waals surface area contributed by atoms with E-state index in [1.165, 1.54) is 25.6 Å². The van der Waals surface area contributed by atoms with Crippen molar-refractivity contribution in [2.24, 2.45) is 0 Å². The molecule has 0 aliphatic carbocycles. The SMILES string of the molecule is Cc1noc2ncnc(NCCCN3[C@H](C)CCC[C@H]3C)c12. The molecule has 6 heteroatoms. The minimum Gasteiger partial charge on any atom is -0.369 e. The van der Waals surface area contributed by atoms with Crippen molar-refractivity contribution in [3.8, 4) is 0 Å². The number of nitrogens with zero attached hydrogens (tertiary/aromatic N) is 4. The molecule has 2 aromatic rings. The predicted molar refractivity (Wildman–Crippen MR) is 86.9 cm³/mol. The highest BCUT2D eigenvalue weighted by Crippen LogP contribution is 2.24. The molecule has 1 N–H and O–H groups in total. The molecule has 0 unspecified atom stereocenters. The quantitative estimate of drug-likeness (QED) is 0.857. The van der Waals surface area contributed by atoms with Gasteiger partial charge < -0.3 is 9.84 Å². The molecular weight excluding hydrogens is 278 g/mol. The number of fused-ring (bicyclic) bond motifs is 1. The summed E-state index contributed by atoms with van der Waals surface area (Å²) in [5.74, 6) is 0.823. The molecule has 0 amide bonds. The molecule has 1 aliphatic rings. The molecule has 2 atom stereocenters. The van der Waals surface area contributed by atoms with Crippen LogP contribution in [0.1, 0.15) is 45.2 Å². The first-order valence-electron chi connectivity index (χ1n) is 8.23. The third-order valence-electron chi connectivity index (χ3n) is 4.70. The van der Waals surface area contributed by atoms with E-state index < -0.39 is 0 Å². The molecule has 1 fully saturated rings. The Morgan fingerprint density at radius 1 is 1.27 bits per heavy atom. The Morgan fingerprint density at radius 3 is 2.82 bits per heavy atom. The van der Waals surface area contributed by atoms with E-state index in [0.29, 0.717) is 17.8 Å². The van der Waals surface area contributed by atoms with Gasteiger partial charge in [-0.3, -0.25) is 4.90 Å². The van der Waals surface area contributed by atoms with Crippen LogP contribution in [0.5, 0.6) is 0 Å². The van der Waals surface area contributed by atoms with E-state index in [1.807, 2.05) is 6.92 Å². The monoisotopic (exact) mass is 303 g/mol. The van der Waals surface area contributed by atoms with E-state index >= 15 is 0 Å². The second-order valence-corrected chi connectivity index (χ2v) is 6.32. The fraction of sp³-hybridized carbons (Fsp3) is 0.688. The topological polar surface area (TPSA) is 67.1 Å². The highest BCUT2D eigenvalue weighted by Gasteiger charge is 2.23. The molecule has 6 nitrogen and oxygen atoms in total. The highest BCUT2D eigenvalue weighted by molar-refractivity contribution is 5.87. The number of aryl methyl sites for hydroxylation is 1. The first kappa shape index (κ1) is 15.2. The van der Waals surface area contributed by atoms with Gasteiger partial charge in [0.25, 0.3) is 5.71 Å². The second-order valence-electron chi connectivity index (χ2n) is 6.32. The lowest BCUT2D eigenvalue weighted by atomic mass is 9.97. The summed E-state index contributed by atoms with van der Waals surface area (Å²) in [6, 6.07) is 1.41. The number of nitrogens with one attached hydrogen (secondary N) is 1. The minimum atomic E-state index is 0.549. The van der Waals surface area contributed by atoms with Gasteiger partial charge in [0.1, 0.15) is 17.5 Å². The maximum atomic E-state index is 5.17. The van der Waals surface area contributed by atoms with Crippen LogP contribution in [-0.2, 0) is 0 Å². The van der Waals surface area contributed by atoms with Crippen molar-refractivity contribution >= 4 is 16.9 Å². The van der Waals surface area contributed by atoms with Gasteiger partial charge in [0, 0.05) is 25.2 Å². The number of aromatic nitrogens is 3. The smallest absolute Gasteiger partial charge is 0.263 e. The summed E-state index contributed by atoms with van der Waals surface area (Å²) in [5, 5.41) is 8.25. The summed E-state index contributed by atoms with van der Waals surface area (Å²) in [7, 11) is 0. The van der Waals surface area contributed by atoms with Gasteiger partial charge >= 0.3 is 0 Å². The van der Waals surface area contributed by atoms with Gasteiger partial charge in [-0.2, -0.15) is 4.98 Å². The van der Waals surface area contributed by atoms with Crippen LogP contribution in [0.2, 0.25) is 0 Å². The molecule has 0 saturated carbocycles. The Hall–Kier alpha value is -1.69. The lowest BCUT2D eigenvalue weighted by Gasteiger charge is -2.39. The molecule has 1 saturated heterocycles. The van der Waals surface area contributed by atoms with Crippen molar-refractivity contribution in [2.45, 2.75) is 58.5 Å². The van der Waals surface area contributed by atoms with Crippen molar-refractivity contribution < 1.29 is 4.52 Å². The van der Waals surface area contributed by atoms with Crippen LogP contribution in [0.4, 0.5) is 5.82 Å². The Kier molecular flexibility index (Phi) is 4.57. The fourth-order valence-electron chi connectivity index (χ4n) is 3.44. The van der Waals surface area contributed by atoms with Gasteiger partial charge in [-0.25, -0.2) is 4.98 Å². The first-order valence-corrected chi connectivity index (χ1v) is 8.23. The van der Waals surface area contributed by atoms with Crippen LogP contribution in [-0.4, -0.2) is 45.2 Å². The maximum Gasteiger partial charge on any atom is 0.263 e. The molecule has 0 spiro atoms. The van der Waals surface area contributed by atoms with Crippen molar-refractivity contribution in [3.05, 3.63) is 12.0 Å². The molecule has 1 aliphatic heterocycles. The number of hydrogen-bond acceptors (Lipinski definition) is 6. The Morgan fingerprint density at radius 2 is 2.05 bits per heavy atom. The van der Waals surface area contributed by atoms with Gasteiger partial charge in [0.2, 0.25) is 0 Å². The molecule has 0 aromatic carbocycles. The van der Waals surface area contributed by atoms with E-state index in [9.17, 15) is 0 Å². The lowest BCUT2D eigenvalue weighted by molar-refractivity contribution is 0.103. The van der Waals surface area contributed by atoms with Crippen LogP contribution >= 0.6 is 0 Å². The van der Waals surface area contributed by atoms with Crippen LogP contribution in [0.25, 0.3) is 11.1 Å². The van der Waals surface area contributed by atoms with Crippen LogP contribution in [0.3, 0.4) is 0 Å². The third kappa shape index (κ3) is 3.06. The largest absolute Gasteiger partial charge is 0.369 e. The van der Waals surface area contributed by atoms with Crippen molar-refractivity contribution in [1.29, 1.82) is 0 Å². The zero-order chi connectivity index (χ0) is 15.5. The van der Waals surface area contributed by atoms with Crippen LogP contribution in [0.15, 0.2) is 10.9 Å². The molecular formula is C16H25N5O. The van der Waals surface area contributed by atoms with Crippen molar-refractivity contribution in [3.63, 3.8) is 0 Å². The number of piperidine rings is 1. The maximum absolute atomic E-state index is 5.17. The van der Waals surface area contributed by atoms with Crippen molar-refractivity contribution in [2.75, 3.05) is 18.4 Å². The highest BCUT2D eigenvalue weighted by atomic mass is 16.5. The summed E-state index contributed by atoms with van der Waals surface area (Å²) in [4.78, 5) is 11.0. The minimum absolute atomic E-state index is 0.549. The van der Waals surface area contributed by atoms with Crippen LogP contribution < -0.4 is 5.32 Å². The molecule has 0 radical (unpaired) electrons. The molecule has 3 heterocycles. The van der Waals surface area contributed by atoms with Crippen LogP contribution in [0, 0.1) is 6.92 Å². The predicted octanol–water partition coefficient (Wildman–Crippen LogP) is 2.99. The molecule has 2 aromatic heterocycles. The standard InChI is InChI=1S/C16H25N5O/c1-11-6-4-7-12(2)21(11)9-5-8-17-15-14-13(3)20-22-16(14)19-10-18-15/h10-12H,4-9H2,1-3H3,(H,17,18,19)/t11-,12-/m1/s1. The zero-order valence-corrected chi connectivity index (χ0v) is 13.7. The normalized spacial score (nSPS) is 23.0. The average Bonchev–Trinajstić information content (AvgIpc) is 2.88. The summed E-state index contributed by atoms with van der Waals surface area (Å²) in [5.41, 5.74) is 1.38. The number of hydrogen-bond donors (Lipinski definition) is 1. The van der Waals surface area contributed by atoms with E-state index in [-0.39, 0.29) is 0 Å². The average molecular weight is 303 g/mol. The molecule has 120 valence electrons. The summed E-state index contributed by atoms with van der Waals surface area (Å²) >= 11 is 0. The molecule has 22 heavy (non-hydrogen) atoms.